The molecule has 96 valence electrons. The average Bonchev–Trinajstić information content (AvgIpc) is 2.69. The summed E-state index contributed by atoms with van der Waals surface area (Å²) >= 11 is 0. The fraction of sp³-hybridized carbons (Fsp3) is 0.462. The molecule has 2 saturated heterocycles. The van der Waals surface area contributed by atoms with Gasteiger partial charge in [0.05, 0.1) is 12.6 Å². The molecule has 0 aromatic heterocycles. The average molecular weight is 250 g/mol. The molecular weight excluding hydrogens is 235 g/mol. The molecule has 0 radical (unpaired) electrons. The standard InChI is InChI=1S/C13H15FN2O2/c14-10-4-2-1-3-9(10)8-16-11-7-15-6-5-12(11)18-13(16)17/h1-4,11-12,15H,5-8H2. The topological polar surface area (TPSA) is 41.6 Å². The zero-order valence-corrected chi connectivity index (χ0v) is 9.93. The van der Waals surface area contributed by atoms with E-state index in [4.69, 9.17) is 4.74 Å². The molecule has 2 aliphatic rings. The number of rotatable bonds is 2. The van der Waals surface area contributed by atoms with Gasteiger partial charge in [-0.25, -0.2) is 9.18 Å². The molecule has 3 rings (SSSR count). The van der Waals surface area contributed by atoms with Gasteiger partial charge in [-0.15, -0.1) is 0 Å². The summed E-state index contributed by atoms with van der Waals surface area (Å²) in [6.45, 7) is 1.85. The highest BCUT2D eigenvalue weighted by Crippen LogP contribution is 2.26. The Labute approximate surface area is 105 Å². The summed E-state index contributed by atoms with van der Waals surface area (Å²) in [7, 11) is 0. The van der Waals surface area contributed by atoms with Gasteiger partial charge in [-0.1, -0.05) is 18.2 Å². The summed E-state index contributed by atoms with van der Waals surface area (Å²) < 4.78 is 18.9. The largest absolute Gasteiger partial charge is 0.444 e. The number of fused-ring (bicyclic) bond motifs is 1. The SMILES string of the molecule is O=C1OC2CCNCC2N1Cc1ccccc1F. The molecule has 0 aliphatic carbocycles. The molecule has 2 fully saturated rings. The van der Waals surface area contributed by atoms with Crippen LogP contribution in [0.2, 0.25) is 0 Å². The van der Waals surface area contributed by atoms with Crippen LogP contribution in [0.4, 0.5) is 9.18 Å². The first-order valence-electron chi connectivity index (χ1n) is 6.17. The number of benzene rings is 1. The predicted molar refractivity (Wildman–Crippen MR) is 63.5 cm³/mol. The van der Waals surface area contributed by atoms with Crippen LogP contribution in [0.25, 0.3) is 0 Å². The summed E-state index contributed by atoms with van der Waals surface area (Å²) in [4.78, 5) is 13.4. The van der Waals surface area contributed by atoms with Gasteiger partial charge in [0.1, 0.15) is 11.9 Å². The fourth-order valence-corrected chi connectivity index (χ4v) is 2.59. The van der Waals surface area contributed by atoms with Gasteiger partial charge < -0.3 is 10.1 Å². The number of ether oxygens (including phenoxy) is 1. The van der Waals surface area contributed by atoms with Gasteiger partial charge in [-0.2, -0.15) is 0 Å². The van der Waals surface area contributed by atoms with E-state index < -0.39 is 0 Å². The van der Waals surface area contributed by atoms with Gasteiger partial charge >= 0.3 is 6.09 Å². The smallest absolute Gasteiger partial charge is 0.410 e. The molecule has 2 aliphatic heterocycles. The minimum Gasteiger partial charge on any atom is -0.444 e. The van der Waals surface area contributed by atoms with Gasteiger partial charge in [0.15, 0.2) is 0 Å². The lowest BCUT2D eigenvalue weighted by Gasteiger charge is -2.28. The van der Waals surface area contributed by atoms with Crippen LogP contribution in [0.1, 0.15) is 12.0 Å². The van der Waals surface area contributed by atoms with Gasteiger partial charge in [0.25, 0.3) is 0 Å². The number of piperidine rings is 1. The number of hydrogen-bond acceptors (Lipinski definition) is 3. The highest BCUT2D eigenvalue weighted by Gasteiger charge is 2.42. The van der Waals surface area contributed by atoms with Crippen molar-refractivity contribution >= 4 is 6.09 Å². The van der Waals surface area contributed by atoms with Crippen LogP contribution >= 0.6 is 0 Å². The Hall–Kier alpha value is -1.62. The maximum Gasteiger partial charge on any atom is 0.410 e. The Morgan fingerprint density at radius 3 is 3.11 bits per heavy atom. The zero-order chi connectivity index (χ0) is 12.5. The third-order valence-electron chi connectivity index (χ3n) is 3.57. The Morgan fingerprint density at radius 2 is 2.28 bits per heavy atom. The summed E-state index contributed by atoms with van der Waals surface area (Å²) in [6.07, 6.45) is 0.437. The minimum atomic E-state index is -0.336. The van der Waals surface area contributed by atoms with Crippen molar-refractivity contribution in [3.8, 4) is 0 Å². The van der Waals surface area contributed by atoms with E-state index >= 15 is 0 Å². The number of carbonyl (C=O) groups excluding carboxylic acids is 1. The molecule has 2 atom stereocenters. The number of amides is 1. The molecule has 1 aromatic carbocycles. The van der Waals surface area contributed by atoms with Crippen LogP contribution in [0, 0.1) is 5.82 Å². The summed E-state index contributed by atoms with van der Waals surface area (Å²) in [5, 5.41) is 3.24. The Bertz CT molecular complexity index is 466. The number of nitrogens with one attached hydrogen (secondary N) is 1. The van der Waals surface area contributed by atoms with E-state index in [-0.39, 0.29) is 30.6 Å². The van der Waals surface area contributed by atoms with Crippen LogP contribution in [0.5, 0.6) is 0 Å². The van der Waals surface area contributed by atoms with Crippen LogP contribution in [0.3, 0.4) is 0 Å². The second-order valence-electron chi connectivity index (χ2n) is 4.70. The summed E-state index contributed by atoms with van der Waals surface area (Å²) in [6, 6.07) is 6.55. The van der Waals surface area contributed by atoms with Crippen molar-refractivity contribution in [2.45, 2.75) is 25.1 Å². The first kappa shape index (κ1) is 11.5. The van der Waals surface area contributed by atoms with E-state index in [0.29, 0.717) is 12.1 Å². The second-order valence-corrected chi connectivity index (χ2v) is 4.70. The van der Waals surface area contributed by atoms with Gasteiger partial charge in [-0.05, 0) is 19.0 Å². The van der Waals surface area contributed by atoms with Crippen LogP contribution in [-0.2, 0) is 11.3 Å². The van der Waals surface area contributed by atoms with Gasteiger partial charge in [0, 0.05) is 12.1 Å². The number of halogens is 1. The van der Waals surface area contributed by atoms with Crippen molar-refractivity contribution in [2.24, 2.45) is 0 Å². The quantitative estimate of drug-likeness (QED) is 0.865. The monoisotopic (exact) mass is 250 g/mol. The van der Waals surface area contributed by atoms with Crippen molar-refractivity contribution in [1.82, 2.24) is 10.2 Å². The third-order valence-corrected chi connectivity index (χ3v) is 3.57. The minimum absolute atomic E-state index is 0.0193. The van der Waals surface area contributed by atoms with Gasteiger partial charge in [0.2, 0.25) is 0 Å². The molecule has 2 heterocycles. The lowest BCUT2D eigenvalue weighted by Crippen LogP contribution is -2.48. The van der Waals surface area contributed by atoms with Crippen molar-refractivity contribution in [3.05, 3.63) is 35.6 Å². The summed E-state index contributed by atoms with van der Waals surface area (Å²) in [5.74, 6) is -0.280. The normalized spacial score (nSPS) is 26.9. The van der Waals surface area contributed by atoms with Crippen LogP contribution in [-0.4, -0.2) is 36.2 Å². The van der Waals surface area contributed by atoms with Crippen LogP contribution < -0.4 is 5.32 Å². The number of hydrogen-bond donors (Lipinski definition) is 1. The van der Waals surface area contributed by atoms with E-state index in [9.17, 15) is 9.18 Å². The second kappa shape index (κ2) is 4.57. The maximum atomic E-state index is 13.6. The molecule has 0 saturated carbocycles. The zero-order valence-electron chi connectivity index (χ0n) is 9.93. The highest BCUT2D eigenvalue weighted by molar-refractivity contribution is 5.71. The van der Waals surface area contributed by atoms with E-state index in [1.165, 1.54) is 6.07 Å². The molecule has 0 spiro atoms. The van der Waals surface area contributed by atoms with E-state index in [1.807, 2.05) is 0 Å². The fourth-order valence-electron chi connectivity index (χ4n) is 2.59. The van der Waals surface area contributed by atoms with Gasteiger partial charge in [-0.3, -0.25) is 4.90 Å². The van der Waals surface area contributed by atoms with E-state index in [2.05, 4.69) is 5.32 Å². The van der Waals surface area contributed by atoms with Crippen LogP contribution in [0.15, 0.2) is 24.3 Å². The number of carbonyl (C=O) groups is 1. The Kier molecular flexibility index (Phi) is 2.91. The molecular formula is C13H15FN2O2. The predicted octanol–water partition coefficient (Wildman–Crippen LogP) is 1.51. The molecule has 1 N–H and O–H groups in total. The molecule has 18 heavy (non-hydrogen) atoms. The first-order chi connectivity index (χ1) is 8.75. The molecule has 4 nitrogen and oxygen atoms in total. The lowest BCUT2D eigenvalue weighted by molar-refractivity contribution is 0.117. The van der Waals surface area contributed by atoms with E-state index in [1.54, 1.807) is 23.1 Å². The number of nitrogens with zero attached hydrogens (tertiary/aromatic N) is 1. The molecule has 2 unspecified atom stereocenters. The molecule has 5 heteroatoms. The maximum absolute atomic E-state index is 13.6. The summed E-state index contributed by atoms with van der Waals surface area (Å²) in [5.41, 5.74) is 0.528. The molecule has 0 bridgehead atoms. The Morgan fingerprint density at radius 1 is 1.44 bits per heavy atom. The molecule has 1 amide bonds. The van der Waals surface area contributed by atoms with Crippen molar-refractivity contribution in [3.63, 3.8) is 0 Å². The van der Waals surface area contributed by atoms with Crippen molar-refractivity contribution < 1.29 is 13.9 Å². The highest BCUT2D eigenvalue weighted by atomic mass is 19.1. The Balaban J connectivity index is 1.79. The third kappa shape index (κ3) is 1.95. The van der Waals surface area contributed by atoms with Crippen molar-refractivity contribution in [2.75, 3.05) is 13.1 Å². The van der Waals surface area contributed by atoms with E-state index in [0.717, 1.165) is 13.0 Å². The lowest BCUT2D eigenvalue weighted by atomic mass is 10.0. The molecule has 1 aromatic rings. The first-order valence-corrected chi connectivity index (χ1v) is 6.17. The van der Waals surface area contributed by atoms with Crippen molar-refractivity contribution in [1.29, 1.82) is 0 Å².